The van der Waals surface area contributed by atoms with E-state index in [1.807, 2.05) is 6.07 Å². The number of hydrogen-bond donors (Lipinski definition) is 1. The Bertz CT molecular complexity index is 1370. The van der Waals surface area contributed by atoms with Crippen molar-refractivity contribution in [2.75, 3.05) is 18.8 Å². The van der Waals surface area contributed by atoms with Gasteiger partial charge in [0.15, 0.2) is 9.84 Å². The summed E-state index contributed by atoms with van der Waals surface area (Å²) in [6.45, 7) is 2.38. The third-order valence-electron chi connectivity index (χ3n) is 6.87. The molecule has 0 bridgehead atoms. The summed E-state index contributed by atoms with van der Waals surface area (Å²) in [4.78, 5) is 0.387. The Morgan fingerprint density at radius 2 is 1.51 bits per heavy atom. The van der Waals surface area contributed by atoms with E-state index in [0.717, 1.165) is 25.1 Å². The van der Waals surface area contributed by atoms with Gasteiger partial charge in [0.25, 0.3) is 0 Å². The molecule has 1 fully saturated rings. The van der Waals surface area contributed by atoms with Crippen molar-refractivity contribution >= 4 is 20.6 Å². The quantitative estimate of drug-likeness (QED) is 0.357. The van der Waals surface area contributed by atoms with Gasteiger partial charge in [0, 0.05) is 12.5 Å². The van der Waals surface area contributed by atoms with Gasteiger partial charge in [-0.05, 0) is 65.0 Å². The largest absolute Gasteiger partial charge is 0.372 e. The minimum atomic E-state index is -3.27. The van der Waals surface area contributed by atoms with E-state index in [1.165, 1.54) is 21.9 Å². The van der Waals surface area contributed by atoms with Crippen LogP contribution in [0.4, 0.5) is 0 Å². The number of piperidine rings is 1. The van der Waals surface area contributed by atoms with Gasteiger partial charge >= 0.3 is 0 Å². The first-order valence-corrected chi connectivity index (χ1v) is 13.9. The average Bonchev–Trinajstić information content (AvgIpc) is 2.92. The van der Waals surface area contributed by atoms with E-state index in [2.05, 4.69) is 72.0 Å². The van der Waals surface area contributed by atoms with Crippen LogP contribution in [-0.4, -0.2) is 33.4 Å². The van der Waals surface area contributed by atoms with Gasteiger partial charge in [-0.25, -0.2) is 8.42 Å². The number of sulfone groups is 1. The van der Waals surface area contributed by atoms with Crippen LogP contribution in [0.3, 0.4) is 0 Å². The average molecular weight is 486 g/mol. The molecule has 180 valence electrons. The fourth-order valence-electron chi connectivity index (χ4n) is 4.85. The SMILES string of the molecule is O=S(=O)(CCc1ccc(C2CCNCC2OCc2ccc3ccccc3c2)cc1)c1ccccc1. The smallest absolute Gasteiger partial charge is 0.178 e. The second-order valence-electron chi connectivity index (χ2n) is 9.25. The Balaban J connectivity index is 1.22. The van der Waals surface area contributed by atoms with Crippen LogP contribution in [0, 0.1) is 0 Å². The number of benzene rings is 4. The Morgan fingerprint density at radius 3 is 2.31 bits per heavy atom. The van der Waals surface area contributed by atoms with Crippen LogP contribution in [-0.2, 0) is 27.6 Å². The van der Waals surface area contributed by atoms with E-state index in [1.54, 1.807) is 24.3 Å². The second kappa shape index (κ2) is 10.7. The lowest BCUT2D eigenvalue weighted by Gasteiger charge is -2.32. The number of aryl methyl sites for hydroxylation is 1. The van der Waals surface area contributed by atoms with Gasteiger partial charge in [-0.15, -0.1) is 0 Å². The van der Waals surface area contributed by atoms with Crippen LogP contribution in [0.25, 0.3) is 10.8 Å². The van der Waals surface area contributed by atoms with Crippen molar-refractivity contribution in [2.45, 2.75) is 36.4 Å². The zero-order valence-corrected chi connectivity index (χ0v) is 20.6. The van der Waals surface area contributed by atoms with Crippen LogP contribution in [0.2, 0.25) is 0 Å². The van der Waals surface area contributed by atoms with Crippen LogP contribution in [0.5, 0.6) is 0 Å². The lowest BCUT2D eigenvalue weighted by atomic mass is 9.87. The molecule has 0 saturated carbocycles. The van der Waals surface area contributed by atoms with Crippen molar-refractivity contribution in [3.63, 3.8) is 0 Å². The van der Waals surface area contributed by atoms with E-state index in [9.17, 15) is 8.42 Å². The molecule has 1 aliphatic heterocycles. The van der Waals surface area contributed by atoms with Crippen LogP contribution in [0.1, 0.15) is 29.0 Å². The molecule has 5 rings (SSSR count). The molecule has 1 heterocycles. The highest BCUT2D eigenvalue weighted by Crippen LogP contribution is 2.29. The molecule has 1 aliphatic rings. The van der Waals surface area contributed by atoms with Gasteiger partial charge in [-0.2, -0.15) is 0 Å². The summed E-state index contributed by atoms with van der Waals surface area (Å²) in [7, 11) is -3.27. The molecule has 4 aromatic carbocycles. The standard InChI is InChI=1S/C30H31NO3S/c32-35(33,28-8-2-1-3-9-28)19-17-23-10-14-26(15-11-23)29-16-18-31-21-30(29)34-22-24-12-13-25-6-4-5-7-27(25)20-24/h1-15,20,29-31H,16-19,21-22H2. The van der Waals surface area contributed by atoms with Gasteiger partial charge in [-0.3, -0.25) is 0 Å². The molecule has 2 unspecified atom stereocenters. The Morgan fingerprint density at radius 1 is 0.800 bits per heavy atom. The van der Waals surface area contributed by atoms with Crippen molar-refractivity contribution in [2.24, 2.45) is 0 Å². The molecule has 0 spiro atoms. The van der Waals surface area contributed by atoms with Crippen molar-refractivity contribution in [3.05, 3.63) is 114 Å². The normalized spacial score (nSPS) is 18.5. The zero-order chi connectivity index (χ0) is 24.1. The van der Waals surface area contributed by atoms with Gasteiger partial charge in [0.05, 0.1) is 23.4 Å². The predicted molar refractivity (Wildman–Crippen MR) is 141 cm³/mol. The second-order valence-corrected chi connectivity index (χ2v) is 11.4. The van der Waals surface area contributed by atoms with Gasteiger partial charge in [0.1, 0.15) is 0 Å². The molecular weight excluding hydrogens is 454 g/mol. The molecule has 0 amide bonds. The van der Waals surface area contributed by atoms with E-state index < -0.39 is 9.84 Å². The maximum Gasteiger partial charge on any atom is 0.178 e. The fourth-order valence-corrected chi connectivity index (χ4v) is 6.16. The molecule has 2 atom stereocenters. The van der Waals surface area contributed by atoms with Crippen molar-refractivity contribution in [1.29, 1.82) is 0 Å². The molecule has 0 aliphatic carbocycles. The third-order valence-corrected chi connectivity index (χ3v) is 8.61. The summed E-state index contributed by atoms with van der Waals surface area (Å²) in [5, 5.41) is 5.95. The minimum Gasteiger partial charge on any atom is -0.372 e. The number of fused-ring (bicyclic) bond motifs is 1. The topological polar surface area (TPSA) is 55.4 Å². The Hall–Kier alpha value is -2.99. The summed E-state index contributed by atoms with van der Waals surface area (Å²) >= 11 is 0. The van der Waals surface area contributed by atoms with Crippen molar-refractivity contribution in [1.82, 2.24) is 5.32 Å². The molecule has 35 heavy (non-hydrogen) atoms. The van der Waals surface area contributed by atoms with E-state index in [4.69, 9.17) is 4.74 Å². The molecule has 0 radical (unpaired) electrons. The lowest BCUT2D eigenvalue weighted by Crippen LogP contribution is -2.40. The molecule has 4 nitrogen and oxygen atoms in total. The Kier molecular flexibility index (Phi) is 7.28. The number of nitrogens with one attached hydrogen (secondary N) is 1. The first-order chi connectivity index (χ1) is 17.1. The molecule has 0 aromatic heterocycles. The summed E-state index contributed by atoms with van der Waals surface area (Å²) in [5.41, 5.74) is 3.48. The van der Waals surface area contributed by atoms with Gasteiger partial charge < -0.3 is 10.1 Å². The zero-order valence-electron chi connectivity index (χ0n) is 19.8. The Labute approximate surface area is 207 Å². The van der Waals surface area contributed by atoms with Gasteiger partial charge in [-0.1, -0.05) is 78.9 Å². The van der Waals surface area contributed by atoms with E-state index in [0.29, 0.717) is 23.8 Å². The molecule has 4 aromatic rings. The number of rotatable bonds is 8. The molecule has 5 heteroatoms. The van der Waals surface area contributed by atoms with Crippen LogP contribution >= 0.6 is 0 Å². The first kappa shape index (κ1) is 23.7. The summed E-state index contributed by atoms with van der Waals surface area (Å²) < 4.78 is 31.6. The van der Waals surface area contributed by atoms with E-state index in [-0.39, 0.29) is 11.9 Å². The van der Waals surface area contributed by atoms with Crippen LogP contribution < -0.4 is 5.32 Å². The van der Waals surface area contributed by atoms with Crippen LogP contribution in [0.15, 0.2) is 102 Å². The highest BCUT2D eigenvalue weighted by molar-refractivity contribution is 7.91. The molecule has 1 N–H and O–H groups in total. The first-order valence-electron chi connectivity index (χ1n) is 12.3. The van der Waals surface area contributed by atoms with E-state index >= 15 is 0 Å². The summed E-state index contributed by atoms with van der Waals surface area (Å²) in [6.07, 6.45) is 1.62. The predicted octanol–water partition coefficient (Wildman–Crippen LogP) is 5.52. The highest BCUT2D eigenvalue weighted by atomic mass is 32.2. The maximum absolute atomic E-state index is 12.6. The van der Waals surface area contributed by atoms with Crippen molar-refractivity contribution < 1.29 is 13.2 Å². The molecule has 1 saturated heterocycles. The fraction of sp³-hybridized carbons (Fsp3) is 0.267. The van der Waals surface area contributed by atoms with Crippen molar-refractivity contribution in [3.8, 4) is 0 Å². The third kappa shape index (κ3) is 5.81. The lowest BCUT2D eigenvalue weighted by molar-refractivity contribution is 0.0106. The monoisotopic (exact) mass is 485 g/mol. The summed E-state index contributed by atoms with van der Waals surface area (Å²) in [5.74, 6) is 0.431. The highest BCUT2D eigenvalue weighted by Gasteiger charge is 2.27. The number of ether oxygens (including phenoxy) is 1. The summed E-state index contributed by atoms with van der Waals surface area (Å²) in [6, 6.07) is 32.0. The maximum atomic E-state index is 12.6. The minimum absolute atomic E-state index is 0.0968. The number of hydrogen-bond acceptors (Lipinski definition) is 4. The van der Waals surface area contributed by atoms with Gasteiger partial charge in [0.2, 0.25) is 0 Å². The molecular formula is C30H31NO3S.